The molecular formula is C8H18N2O. The van der Waals surface area contributed by atoms with Crippen LogP contribution in [0.4, 0.5) is 0 Å². The smallest absolute Gasteiger partial charge is 0.223 e. The molecule has 1 N–H and O–H groups in total. The molecule has 1 fully saturated rings. The summed E-state index contributed by atoms with van der Waals surface area (Å²) in [5.41, 5.74) is 0. The van der Waals surface area contributed by atoms with Crippen LogP contribution in [0.1, 0.15) is 20.3 Å². The summed E-state index contributed by atoms with van der Waals surface area (Å²) in [5.74, 6) is 0.250. The van der Waals surface area contributed by atoms with Crippen molar-refractivity contribution in [1.29, 1.82) is 0 Å². The number of nitrogens with zero attached hydrogens (tertiary/aromatic N) is 1. The summed E-state index contributed by atoms with van der Waals surface area (Å²) in [5, 5.41) is 3.15. The molecule has 0 atom stereocenters. The van der Waals surface area contributed by atoms with Crippen LogP contribution >= 0.6 is 0 Å². The molecular weight excluding hydrogens is 140 g/mol. The van der Waals surface area contributed by atoms with Crippen LogP contribution in [0.25, 0.3) is 0 Å². The van der Waals surface area contributed by atoms with Crippen molar-refractivity contribution in [3.8, 4) is 0 Å². The lowest BCUT2D eigenvalue weighted by atomic mass is 10.4. The maximum atomic E-state index is 10.9. The van der Waals surface area contributed by atoms with Crippen LogP contribution in [0.2, 0.25) is 0 Å². The quantitative estimate of drug-likeness (QED) is 0.555. The summed E-state index contributed by atoms with van der Waals surface area (Å²) in [4.78, 5) is 12.7. The van der Waals surface area contributed by atoms with Gasteiger partial charge in [0.2, 0.25) is 5.91 Å². The largest absolute Gasteiger partial charge is 0.344 e. The average Bonchev–Trinajstić information content (AvgIpc) is 2.22. The van der Waals surface area contributed by atoms with Crippen LogP contribution in [0, 0.1) is 0 Å². The van der Waals surface area contributed by atoms with Crippen molar-refractivity contribution in [1.82, 2.24) is 10.2 Å². The number of carbonyl (C=O) groups is 1. The number of hydrogen-bond donors (Lipinski definition) is 1. The van der Waals surface area contributed by atoms with Gasteiger partial charge in [0.15, 0.2) is 0 Å². The van der Waals surface area contributed by atoms with E-state index in [0.29, 0.717) is 6.42 Å². The van der Waals surface area contributed by atoms with Gasteiger partial charge in [-0.3, -0.25) is 4.79 Å². The molecule has 3 heteroatoms. The highest BCUT2D eigenvalue weighted by Crippen LogP contribution is 1.91. The third-order valence-electron chi connectivity index (χ3n) is 1.57. The van der Waals surface area contributed by atoms with Crippen molar-refractivity contribution in [2.45, 2.75) is 20.3 Å². The van der Waals surface area contributed by atoms with Crippen LogP contribution in [0.5, 0.6) is 0 Å². The number of nitrogens with one attached hydrogen (secondary N) is 1. The SMILES string of the molecule is CC.CN1CCNCCC1=O. The molecule has 66 valence electrons. The monoisotopic (exact) mass is 158 g/mol. The first-order valence-corrected chi connectivity index (χ1v) is 4.25. The van der Waals surface area contributed by atoms with E-state index in [2.05, 4.69) is 5.32 Å². The predicted octanol–water partition coefficient (Wildman–Crippen LogP) is 0.464. The summed E-state index contributed by atoms with van der Waals surface area (Å²) >= 11 is 0. The number of likely N-dealkylation sites (N-methyl/N-ethyl adjacent to an activating group) is 1. The molecule has 0 aliphatic carbocycles. The van der Waals surface area contributed by atoms with Crippen LogP contribution in [0.3, 0.4) is 0 Å². The minimum absolute atomic E-state index is 0.250. The van der Waals surface area contributed by atoms with Gasteiger partial charge in [-0.15, -0.1) is 0 Å². The molecule has 0 aromatic rings. The maximum Gasteiger partial charge on any atom is 0.223 e. The topological polar surface area (TPSA) is 32.3 Å². The van der Waals surface area contributed by atoms with Crippen molar-refractivity contribution < 1.29 is 4.79 Å². The van der Waals surface area contributed by atoms with Gasteiger partial charge in [-0.2, -0.15) is 0 Å². The second kappa shape index (κ2) is 6.16. The minimum atomic E-state index is 0.250. The first kappa shape index (κ1) is 10.4. The van der Waals surface area contributed by atoms with Gasteiger partial charge >= 0.3 is 0 Å². The Morgan fingerprint density at radius 2 is 2.00 bits per heavy atom. The second-order valence-electron chi connectivity index (χ2n) is 2.32. The molecule has 1 rings (SSSR count). The summed E-state index contributed by atoms with van der Waals surface area (Å²) in [6, 6.07) is 0. The Labute approximate surface area is 68.8 Å². The summed E-state index contributed by atoms with van der Waals surface area (Å²) < 4.78 is 0. The molecule has 1 heterocycles. The van der Waals surface area contributed by atoms with Gasteiger partial charge in [-0.25, -0.2) is 0 Å². The van der Waals surface area contributed by atoms with Crippen molar-refractivity contribution in [2.75, 3.05) is 26.7 Å². The molecule has 0 spiro atoms. The summed E-state index contributed by atoms with van der Waals surface area (Å²) in [6.45, 7) is 6.62. The predicted molar refractivity (Wildman–Crippen MR) is 46.5 cm³/mol. The van der Waals surface area contributed by atoms with Crippen LogP contribution in [0.15, 0.2) is 0 Å². The van der Waals surface area contributed by atoms with Crippen LogP contribution in [-0.4, -0.2) is 37.5 Å². The Balaban J connectivity index is 0.000000461. The van der Waals surface area contributed by atoms with E-state index in [-0.39, 0.29) is 5.91 Å². The molecule has 1 saturated heterocycles. The van der Waals surface area contributed by atoms with Crippen LogP contribution in [-0.2, 0) is 4.79 Å². The fourth-order valence-electron chi connectivity index (χ4n) is 0.883. The van der Waals surface area contributed by atoms with E-state index < -0.39 is 0 Å². The normalized spacial score (nSPS) is 18.5. The Hall–Kier alpha value is -0.570. The molecule has 1 amide bonds. The van der Waals surface area contributed by atoms with Gasteiger partial charge in [-0.1, -0.05) is 13.8 Å². The molecule has 0 aromatic heterocycles. The molecule has 1 aliphatic rings. The van der Waals surface area contributed by atoms with E-state index in [0.717, 1.165) is 19.6 Å². The standard InChI is InChI=1S/C6H12N2O.C2H6/c1-8-5-4-7-3-2-6(8)9;1-2/h7H,2-5H2,1H3;1-2H3. The third kappa shape index (κ3) is 3.98. The summed E-state index contributed by atoms with van der Waals surface area (Å²) in [7, 11) is 1.84. The Morgan fingerprint density at radius 1 is 1.36 bits per heavy atom. The molecule has 0 unspecified atom stereocenters. The van der Waals surface area contributed by atoms with E-state index in [1.807, 2.05) is 20.9 Å². The van der Waals surface area contributed by atoms with Crippen molar-refractivity contribution in [3.63, 3.8) is 0 Å². The molecule has 11 heavy (non-hydrogen) atoms. The highest BCUT2D eigenvalue weighted by atomic mass is 16.2. The van der Waals surface area contributed by atoms with Gasteiger partial charge in [0.1, 0.15) is 0 Å². The zero-order valence-corrected chi connectivity index (χ0v) is 7.68. The lowest BCUT2D eigenvalue weighted by molar-refractivity contribution is -0.129. The first-order chi connectivity index (χ1) is 5.30. The Morgan fingerprint density at radius 3 is 2.64 bits per heavy atom. The van der Waals surface area contributed by atoms with Gasteiger partial charge in [0, 0.05) is 33.1 Å². The third-order valence-corrected chi connectivity index (χ3v) is 1.57. The highest BCUT2D eigenvalue weighted by Gasteiger charge is 2.10. The molecule has 0 saturated carbocycles. The van der Waals surface area contributed by atoms with E-state index >= 15 is 0 Å². The van der Waals surface area contributed by atoms with Crippen molar-refractivity contribution in [2.24, 2.45) is 0 Å². The van der Waals surface area contributed by atoms with E-state index in [4.69, 9.17) is 0 Å². The molecule has 1 aliphatic heterocycles. The average molecular weight is 158 g/mol. The summed E-state index contributed by atoms with van der Waals surface area (Å²) in [6.07, 6.45) is 0.649. The van der Waals surface area contributed by atoms with E-state index in [1.165, 1.54) is 0 Å². The lowest BCUT2D eigenvalue weighted by Gasteiger charge is -2.11. The Bertz CT molecular complexity index is 115. The molecule has 3 nitrogen and oxygen atoms in total. The zero-order valence-electron chi connectivity index (χ0n) is 7.68. The second-order valence-corrected chi connectivity index (χ2v) is 2.32. The first-order valence-electron chi connectivity index (χ1n) is 4.25. The maximum absolute atomic E-state index is 10.9. The molecule has 0 aromatic carbocycles. The molecule has 0 radical (unpaired) electrons. The van der Waals surface area contributed by atoms with Crippen molar-refractivity contribution in [3.05, 3.63) is 0 Å². The van der Waals surface area contributed by atoms with Gasteiger partial charge in [0.25, 0.3) is 0 Å². The Kier molecular flexibility index (Phi) is 5.84. The van der Waals surface area contributed by atoms with Gasteiger partial charge in [-0.05, 0) is 0 Å². The lowest BCUT2D eigenvalue weighted by Crippen LogP contribution is -2.27. The van der Waals surface area contributed by atoms with Crippen LogP contribution < -0.4 is 5.32 Å². The van der Waals surface area contributed by atoms with Crippen molar-refractivity contribution >= 4 is 5.91 Å². The number of amides is 1. The fourth-order valence-corrected chi connectivity index (χ4v) is 0.883. The minimum Gasteiger partial charge on any atom is -0.344 e. The molecule has 0 bridgehead atoms. The zero-order chi connectivity index (χ0) is 8.69. The van der Waals surface area contributed by atoms with E-state index in [1.54, 1.807) is 4.90 Å². The highest BCUT2D eigenvalue weighted by molar-refractivity contribution is 5.76. The van der Waals surface area contributed by atoms with E-state index in [9.17, 15) is 4.79 Å². The fraction of sp³-hybridized carbons (Fsp3) is 0.875. The number of carbonyl (C=O) groups excluding carboxylic acids is 1. The van der Waals surface area contributed by atoms with Gasteiger partial charge in [0.05, 0.1) is 0 Å². The van der Waals surface area contributed by atoms with Gasteiger partial charge < -0.3 is 10.2 Å². The number of rotatable bonds is 0. The number of hydrogen-bond acceptors (Lipinski definition) is 2.